The van der Waals surface area contributed by atoms with Gasteiger partial charge in [0.15, 0.2) is 0 Å². The maximum atomic E-state index is 8.88. The summed E-state index contributed by atoms with van der Waals surface area (Å²) < 4.78 is 11.3. The van der Waals surface area contributed by atoms with Crippen LogP contribution >= 0.6 is 0 Å². The minimum absolute atomic E-state index is 0.350. The molecule has 5 heteroatoms. The van der Waals surface area contributed by atoms with Crippen molar-refractivity contribution in [3.63, 3.8) is 0 Å². The van der Waals surface area contributed by atoms with Gasteiger partial charge in [-0.25, -0.2) is 4.98 Å². The topological polar surface area (TPSA) is 70.9 Å². The zero-order chi connectivity index (χ0) is 18.6. The first-order valence-electron chi connectivity index (χ1n) is 8.52. The van der Waals surface area contributed by atoms with E-state index in [9.17, 15) is 0 Å². The largest absolute Gasteiger partial charge is 0.496 e. The summed E-state index contributed by atoms with van der Waals surface area (Å²) in [4.78, 5) is 7.99. The third-order valence-corrected chi connectivity index (χ3v) is 4.32. The predicted octanol–water partition coefficient (Wildman–Crippen LogP) is 4.69. The Morgan fingerprint density at radius 3 is 2.59 bits per heavy atom. The Labute approximate surface area is 156 Å². The molecule has 4 rings (SSSR count). The number of H-pyrrole nitrogens is 1. The van der Waals surface area contributed by atoms with Crippen LogP contribution in [0.3, 0.4) is 0 Å². The standard InChI is InChI=1S/C22H17N3O2/c1-26-21-11-8-16(22-24-19-4-2-3-5-20(19)25-22)12-17(21)14-27-18-9-6-15(13-23)7-10-18/h2-12H,14H2,1H3,(H,24,25). The molecule has 0 saturated heterocycles. The van der Waals surface area contributed by atoms with E-state index < -0.39 is 0 Å². The number of rotatable bonds is 5. The van der Waals surface area contributed by atoms with E-state index in [2.05, 4.69) is 16.0 Å². The molecule has 27 heavy (non-hydrogen) atoms. The quantitative estimate of drug-likeness (QED) is 0.564. The molecule has 0 bridgehead atoms. The van der Waals surface area contributed by atoms with E-state index in [1.807, 2.05) is 42.5 Å². The number of aromatic amines is 1. The Kier molecular flexibility index (Phi) is 4.46. The Balaban J connectivity index is 1.61. The van der Waals surface area contributed by atoms with Crippen molar-refractivity contribution in [2.75, 3.05) is 7.11 Å². The Morgan fingerprint density at radius 2 is 1.85 bits per heavy atom. The lowest BCUT2D eigenvalue weighted by Crippen LogP contribution is -1.99. The number of fused-ring (bicyclic) bond motifs is 1. The highest BCUT2D eigenvalue weighted by Crippen LogP contribution is 2.27. The van der Waals surface area contributed by atoms with Gasteiger partial charge in [0.2, 0.25) is 0 Å². The summed E-state index contributed by atoms with van der Waals surface area (Å²) in [6.45, 7) is 0.350. The molecule has 0 saturated carbocycles. The molecule has 0 fully saturated rings. The van der Waals surface area contributed by atoms with Gasteiger partial charge in [-0.15, -0.1) is 0 Å². The van der Waals surface area contributed by atoms with Crippen molar-refractivity contribution >= 4 is 11.0 Å². The number of nitrogens with one attached hydrogen (secondary N) is 1. The van der Waals surface area contributed by atoms with Gasteiger partial charge in [0.1, 0.15) is 23.9 Å². The molecular formula is C22H17N3O2. The first-order chi connectivity index (χ1) is 13.3. The van der Waals surface area contributed by atoms with E-state index in [1.165, 1.54) is 0 Å². The Bertz CT molecular complexity index is 1090. The molecule has 0 unspecified atom stereocenters. The van der Waals surface area contributed by atoms with Crippen LogP contribution in [0.4, 0.5) is 0 Å². The summed E-state index contributed by atoms with van der Waals surface area (Å²) in [5.41, 5.74) is 4.41. The smallest absolute Gasteiger partial charge is 0.138 e. The number of aromatic nitrogens is 2. The number of nitriles is 1. The van der Waals surface area contributed by atoms with E-state index in [-0.39, 0.29) is 0 Å². The second kappa shape index (κ2) is 7.22. The van der Waals surface area contributed by atoms with Crippen LogP contribution in [0.15, 0.2) is 66.7 Å². The third kappa shape index (κ3) is 3.46. The van der Waals surface area contributed by atoms with E-state index in [4.69, 9.17) is 14.7 Å². The van der Waals surface area contributed by atoms with Crippen LogP contribution in [0.25, 0.3) is 22.4 Å². The number of nitrogens with zero attached hydrogens (tertiary/aromatic N) is 2. The Morgan fingerprint density at radius 1 is 1.04 bits per heavy atom. The van der Waals surface area contributed by atoms with Gasteiger partial charge in [0.25, 0.3) is 0 Å². The van der Waals surface area contributed by atoms with Gasteiger partial charge in [-0.2, -0.15) is 5.26 Å². The van der Waals surface area contributed by atoms with Crippen LogP contribution in [0.5, 0.6) is 11.5 Å². The molecule has 0 amide bonds. The lowest BCUT2D eigenvalue weighted by Gasteiger charge is -2.11. The van der Waals surface area contributed by atoms with Gasteiger partial charge >= 0.3 is 0 Å². The molecule has 0 aliphatic heterocycles. The van der Waals surface area contributed by atoms with Gasteiger partial charge in [-0.3, -0.25) is 0 Å². The SMILES string of the molecule is COc1ccc(-c2nc3ccccc3[nH]2)cc1COc1ccc(C#N)cc1. The number of imidazole rings is 1. The highest BCUT2D eigenvalue weighted by molar-refractivity contribution is 5.79. The fourth-order valence-corrected chi connectivity index (χ4v) is 2.91. The van der Waals surface area contributed by atoms with E-state index >= 15 is 0 Å². The fourth-order valence-electron chi connectivity index (χ4n) is 2.91. The van der Waals surface area contributed by atoms with E-state index in [1.54, 1.807) is 31.4 Å². The van der Waals surface area contributed by atoms with Crippen LogP contribution in [0.2, 0.25) is 0 Å². The minimum atomic E-state index is 0.350. The van der Waals surface area contributed by atoms with Crippen molar-refractivity contribution in [1.82, 2.24) is 9.97 Å². The van der Waals surface area contributed by atoms with Crippen molar-refractivity contribution in [2.24, 2.45) is 0 Å². The van der Waals surface area contributed by atoms with Crippen LogP contribution < -0.4 is 9.47 Å². The van der Waals surface area contributed by atoms with E-state index in [0.717, 1.165) is 33.7 Å². The van der Waals surface area contributed by atoms with Crippen LogP contribution in [0.1, 0.15) is 11.1 Å². The van der Waals surface area contributed by atoms with E-state index in [0.29, 0.717) is 17.9 Å². The molecule has 0 radical (unpaired) electrons. The predicted molar refractivity (Wildman–Crippen MR) is 104 cm³/mol. The first kappa shape index (κ1) is 16.7. The zero-order valence-electron chi connectivity index (χ0n) is 14.8. The third-order valence-electron chi connectivity index (χ3n) is 4.32. The van der Waals surface area contributed by atoms with Gasteiger partial charge in [-0.1, -0.05) is 12.1 Å². The normalized spacial score (nSPS) is 10.5. The molecule has 0 aliphatic carbocycles. The maximum absolute atomic E-state index is 8.88. The number of para-hydroxylation sites is 2. The van der Waals surface area contributed by atoms with Crippen LogP contribution in [-0.2, 0) is 6.61 Å². The first-order valence-corrected chi connectivity index (χ1v) is 8.52. The van der Waals surface area contributed by atoms with Crippen molar-refractivity contribution in [3.8, 4) is 29.0 Å². The van der Waals surface area contributed by atoms with Gasteiger partial charge in [0.05, 0.1) is 29.8 Å². The molecule has 132 valence electrons. The number of benzene rings is 3. The number of methoxy groups -OCH3 is 1. The number of hydrogen-bond donors (Lipinski definition) is 1. The highest BCUT2D eigenvalue weighted by Gasteiger charge is 2.10. The van der Waals surface area contributed by atoms with Crippen molar-refractivity contribution in [3.05, 3.63) is 77.9 Å². The molecule has 4 aromatic rings. The lowest BCUT2D eigenvalue weighted by molar-refractivity contribution is 0.296. The molecule has 5 nitrogen and oxygen atoms in total. The van der Waals surface area contributed by atoms with Crippen molar-refractivity contribution in [1.29, 1.82) is 5.26 Å². The zero-order valence-corrected chi connectivity index (χ0v) is 14.8. The summed E-state index contributed by atoms with van der Waals surface area (Å²) in [7, 11) is 1.64. The molecule has 1 aromatic heterocycles. The molecule has 0 aliphatic rings. The monoisotopic (exact) mass is 355 g/mol. The molecule has 3 aromatic carbocycles. The van der Waals surface area contributed by atoms with Crippen LogP contribution in [-0.4, -0.2) is 17.1 Å². The highest BCUT2D eigenvalue weighted by atomic mass is 16.5. The molecule has 1 heterocycles. The summed E-state index contributed by atoms with van der Waals surface area (Å²) in [5, 5.41) is 8.88. The summed E-state index contributed by atoms with van der Waals surface area (Å²) >= 11 is 0. The fraction of sp³-hybridized carbons (Fsp3) is 0.0909. The summed E-state index contributed by atoms with van der Waals surface area (Å²) in [6, 6.07) is 23.0. The number of ether oxygens (including phenoxy) is 2. The van der Waals surface area contributed by atoms with Gasteiger partial charge < -0.3 is 14.5 Å². The van der Waals surface area contributed by atoms with Crippen molar-refractivity contribution in [2.45, 2.75) is 6.61 Å². The average molecular weight is 355 g/mol. The van der Waals surface area contributed by atoms with Crippen molar-refractivity contribution < 1.29 is 9.47 Å². The summed E-state index contributed by atoms with van der Waals surface area (Å²) in [5.74, 6) is 2.26. The minimum Gasteiger partial charge on any atom is -0.496 e. The Hall–Kier alpha value is -3.78. The number of hydrogen-bond acceptors (Lipinski definition) is 4. The molecular weight excluding hydrogens is 338 g/mol. The molecule has 0 atom stereocenters. The lowest BCUT2D eigenvalue weighted by atomic mass is 10.1. The maximum Gasteiger partial charge on any atom is 0.138 e. The second-order valence-electron chi connectivity index (χ2n) is 6.05. The van der Waals surface area contributed by atoms with Gasteiger partial charge in [-0.05, 0) is 54.6 Å². The molecule has 0 spiro atoms. The van der Waals surface area contributed by atoms with Crippen LogP contribution in [0, 0.1) is 11.3 Å². The molecule has 1 N–H and O–H groups in total. The average Bonchev–Trinajstić information content (AvgIpc) is 3.16. The second-order valence-corrected chi connectivity index (χ2v) is 6.05. The summed E-state index contributed by atoms with van der Waals surface area (Å²) in [6.07, 6.45) is 0. The van der Waals surface area contributed by atoms with Gasteiger partial charge in [0, 0.05) is 11.1 Å².